The SMILES string of the molecule is COCC(NS(=O)(=O)CCc1ccncc1)C(=O)O. The van der Waals surface area contributed by atoms with Crippen molar-refractivity contribution in [1.82, 2.24) is 9.71 Å². The van der Waals surface area contributed by atoms with Crippen LogP contribution in [0.3, 0.4) is 0 Å². The normalized spacial score (nSPS) is 13.1. The van der Waals surface area contributed by atoms with Gasteiger partial charge in [0.15, 0.2) is 0 Å². The minimum atomic E-state index is -3.68. The van der Waals surface area contributed by atoms with E-state index in [0.717, 1.165) is 5.56 Å². The van der Waals surface area contributed by atoms with E-state index in [9.17, 15) is 13.2 Å². The molecule has 0 saturated heterocycles. The van der Waals surface area contributed by atoms with Crippen LogP contribution in [0.4, 0.5) is 0 Å². The Bertz CT molecular complexity index is 503. The van der Waals surface area contributed by atoms with E-state index in [1.165, 1.54) is 7.11 Å². The van der Waals surface area contributed by atoms with E-state index in [-0.39, 0.29) is 18.8 Å². The highest BCUT2D eigenvalue weighted by atomic mass is 32.2. The number of methoxy groups -OCH3 is 1. The van der Waals surface area contributed by atoms with Gasteiger partial charge in [0.25, 0.3) is 0 Å². The third-order valence-electron chi connectivity index (χ3n) is 2.36. The van der Waals surface area contributed by atoms with E-state index in [0.29, 0.717) is 0 Å². The summed E-state index contributed by atoms with van der Waals surface area (Å²) in [6.45, 7) is -0.218. The quantitative estimate of drug-likeness (QED) is 0.677. The van der Waals surface area contributed by atoms with Gasteiger partial charge in [-0.1, -0.05) is 0 Å². The fourth-order valence-electron chi connectivity index (χ4n) is 1.40. The number of carboxylic acid groups (broad SMARTS) is 1. The van der Waals surface area contributed by atoms with Gasteiger partial charge in [0, 0.05) is 19.5 Å². The summed E-state index contributed by atoms with van der Waals surface area (Å²) >= 11 is 0. The monoisotopic (exact) mass is 288 g/mol. The summed E-state index contributed by atoms with van der Waals surface area (Å²) in [5.41, 5.74) is 0.819. The number of pyridine rings is 1. The van der Waals surface area contributed by atoms with Crippen molar-refractivity contribution >= 4 is 16.0 Å². The highest BCUT2D eigenvalue weighted by Gasteiger charge is 2.23. The molecule has 1 unspecified atom stereocenters. The van der Waals surface area contributed by atoms with Crippen LogP contribution in [0.2, 0.25) is 0 Å². The van der Waals surface area contributed by atoms with Crippen molar-refractivity contribution in [1.29, 1.82) is 0 Å². The smallest absolute Gasteiger partial charge is 0.324 e. The molecule has 0 aliphatic rings. The van der Waals surface area contributed by atoms with Crippen molar-refractivity contribution in [2.24, 2.45) is 0 Å². The largest absolute Gasteiger partial charge is 0.480 e. The highest BCUT2D eigenvalue weighted by molar-refractivity contribution is 7.89. The lowest BCUT2D eigenvalue weighted by molar-refractivity contribution is -0.140. The molecule has 1 aromatic rings. The van der Waals surface area contributed by atoms with E-state index in [4.69, 9.17) is 5.11 Å². The second-order valence-electron chi connectivity index (χ2n) is 3.89. The van der Waals surface area contributed by atoms with Crippen LogP contribution in [0, 0.1) is 0 Å². The number of hydrogen-bond acceptors (Lipinski definition) is 5. The van der Waals surface area contributed by atoms with Crippen molar-refractivity contribution in [2.75, 3.05) is 19.5 Å². The lowest BCUT2D eigenvalue weighted by Gasteiger charge is -2.13. The third kappa shape index (κ3) is 5.77. The summed E-state index contributed by atoms with van der Waals surface area (Å²) in [7, 11) is -2.37. The van der Waals surface area contributed by atoms with Gasteiger partial charge in [-0.3, -0.25) is 9.78 Å². The van der Waals surface area contributed by atoms with E-state index >= 15 is 0 Å². The van der Waals surface area contributed by atoms with Crippen molar-refractivity contribution in [2.45, 2.75) is 12.5 Å². The maximum atomic E-state index is 11.7. The zero-order valence-electron chi connectivity index (χ0n) is 10.4. The minimum absolute atomic E-state index is 0.190. The molecule has 0 amide bonds. The Morgan fingerprint density at radius 2 is 2.11 bits per heavy atom. The van der Waals surface area contributed by atoms with Crippen LogP contribution in [0.25, 0.3) is 0 Å². The molecule has 0 aliphatic carbocycles. The molecule has 1 atom stereocenters. The molecule has 0 fully saturated rings. The number of carbonyl (C=O) groups is 1. The number of nitrogens with zero attached hydrogens (tertiary/aromatic N) is 1. The summed E-state index contributed by atoms with van der Waals surface area (Å²) in [6.07, 6.45) is 3.43. The van der Waals surface area contributed by atoms with Gasteiger partial charge < -0.3 is 9.84 Å². The van der Waals surface area contributed by atoms with Gasteiger partial charge in [-0.25, -0.2) is 8.42 Å². The maximum Gasteiger partial charge on any atom is 0.324 e. The molecule has 0 saturated carbocycles. The summed E-state index contributed by atoms with van der Waals surface area (Å²) in [4.78, 5) is 14.7. The maximum absolute atomic E-state index is 11.7. The van der Waals surface area contributed by atoms with E-state index in [1.807, 2.05) is 0 Å². The van der Waals surface area contributed by atoms with Crippen molar-refractivity contribution in [3.8, 4) is 0 Å². The molecule has 0 aromatic carbocycles. The van der Waals surface area contributed by atoms with E-state index < -0.39 is 22.0 Å². The molecule has 1 aromatic heterocycles. The first-order valence-corrected chi connectivity index (χ1v) is 7.20. The van der Waals surface area contributed by atoms with Crippen LogP contribution in [-0.2, 0) is 26.0 Å². The van der Waals surface area contributed by atoms with Crippen LogP contribution < -0.4 is 4.72 Å². The topological polar surface area (TPSA) is 106 Å². The molecule has 0 radical (unpaired) electrons. The summed E-state index contributed by atoms with van der Waals surface area (Å²) < 4.78 is 30.2. The first kappa shape index (κ1) is 15.5. The number of rotatable bonds is 8. The van der Waals surface area contributed by atoms with Crippen molar-refractivity contribution in [3.63, 3.8) is 0 Å². The fraction of sp³-hybridized carbons (Fsp3) is 0.455. The standard InChI is InChI=1S/C11H16N2O5S/c1-18-8-10(11(14)15)13-19(16,17)7-4-9-2-5-12-6-3-9/h2-3,5-6,10,13H,4,7-8H2,1H3,(H,14,15). The van der Waals surface area contributed by atoms with Gasteiger partial charge >= 0.3 is 5.97 Å². The van der Waals surface area contributed by atoms with Crippen molar-refractivity contribution in [3.05, 3.63) is 30.1 Å². The van der Waals surface area contributed by atoms with Crippen LogP contribution in [0.15, 0.2) is 24.5 Å². The first-order valence-electron chi connectivity index (χ1n) is 5.55. The van der Waals surface area contributed by atoms with Gasteiger partial charge in [0.05, 0.1) is 12.4 Å². The Kier molecular flexibility index (Phi) is 5.87. The second kappa shape index (κ2) is 7.17. The molecule has 8 heteroatoms. The molecular formula is C11H16N2O5S. The number of aromatic nitrogens is 1. The number of sulfonamides is 1. The molecule has 1 rings (SSSR count). The molecule has 7 nitrogen and oxygen atoms in total. The summed E-state index contributed by atoms with van der Waals surface area (Å²) in [6, 6.07) is 2.14. The molecule has 0 bridgehead atoms. The number of aryl methyl sites for hydroxylation is 1. The lowest BCUT2D eigenvalue weighted by atomic mass is 10.2. The average molecular weight is 288 g/mol. The van der Waals surface area contributed by atoms with Gasteiger partial charge in [0.2, 0.25) is 10.0 Å². The highest BCUT2D eigenvalue weighted by Crippen LogP contribution is 2.01. The van der Waals surface area contributed by atoms with Gasteiger partial charge in [-0.05, 0) is 24.1 Å². The van der Waals surface area contributed by atoms with Crippen LogP contribution >= 0.6 is 0 Å². The Balaban J connectivity index is 2.58. The molecule has 2 N–H and O–H groups in total. The Hall–Kier alpha value is -1.51. The zero-order chi connectivity index (χ0) is 14.3. The number of aliphatic carboxylic acids is 1. The molecule has 106 valence electrons. The lowest BCUT2D eigenvalue weighted by Crippen LogP contribution is -2.44. The molecule has 0 aliphatic heterocycles. The van der Waals surface area contributed by atoms with E-state index in [2.05, 4.69) is 14.4 Å². The fourth-order valence-corrected chi connectivity index (χ4v) is 2.62. The van der Waals surface area contributed by atoms with Crippen LogP contribution in [0.5, 0.6) is 0 Å². The van der Waals surface area contributed by atoms with Gasteiger partial charge in [-0.2, -0.15) is 4.72 Å². The average Bonchev–Trinajstić information content (AvgIpc) is 2.37. The van der Waals surface area contributed by atoms with Crippen LogP contribution in [0.1, 0.15) is 5.56 Å². The Morgan fingerprint density at radius 3 is 2.63 bits per heavy atom. The Morgan fingerprint density at radius 1 is 1.47 bits per heavy atom. The third-order valence-corrected chi connectivity index (χ3v) is 3.75. The number of hydrogen-bond donors (Lipinski definition) is 2. The molecular weight excluding hydrogens is 272 g/mol. The van der Waals surface area contributed by atoms with E-state index in [1.54, 1.807) is 24.5 Å². The number of ether oxygens (including phenoxy) is 1. The predicted molar refractivity (Wildman–Crippen MR) is 68.2 cm³/mol. The second-order valence-corrected chi connectivity index (χ2v) is 5.76. The predicted octanol–water partition coefficient (Wildman–Crippen LogP) is -0.357. The number of carboxylic acids is 1. The molecule has 0 spiro atoms. The van der Waals surface area contributed by atoms with Gasteiger partial charge in [-0.15, -0.1) is 0 Å². The first-order chi connectivity index (χ1) is 8.94. The van der Waals surface area contributed by atoms with Crippen molar-refractivity contribution < 1.29 is 23.1 Å². The minimum Gasteiger partial charge on any atom is -0.480 e. The van der Waals surface area contributed by atoms with Crippen LogP contribution in [-0.4, -0.2) is 50.0 Å². The molecule has 19 heavy (non-hydrogen) atoms. The summed E-state index contributed by atoms with van der Waals surface area (Å²) in [5, 5.41) is 8.84. The number of nitrogens with one attached hydrogen (secondary N) is 1. The summed E-state index contributed by atoms with van der Waals surface area (Å²) in [5.74, 6) is -1.46. The van der Waals surface area contributed by atoms with Gasteiger partial charge in [0.1, 0.15) is 6.04 Å². The Labute approximate surface area is 111 Å². The molecule has 1 heterocycles. The zero-order valence-corrected chi connectivity index (χ0v) is 11.3.